The molecule has 0 unspecified atom stereocenters. The van der Waals surface area contributed by atoms with Crippen LogP contribution in [0.15, 0.2) is 60.9 Å². The molecule has 7 nitrogen and oxygen atoms in total. The molecule has 1 aromatic carbocycles. The van der Waals surface area contributed by atoms with Gasteiger partial charge in [-0.1, -0.05) is 18.2 Å². The third-order valence-electron chi connectivity index (χ3n) is 3.85. The van der Waals surface area contributed by atoms with Gasteiger partial charge in [0, 0.05) is 30.2 Å². The average molecular weight is 350 g/mol. The van der Waals surface area contributed by atoms with E-state index in [1.54, 1.807) is 24.5 Å². The second-order valence-corrected chi connectivity index (χ2v) is 5.53. The van der Waals surface area contributed by atoms with Gasteiger partial charge in [-0.2, -0.15) is 5.10 Å². The summed E-state index contributed by atoms with van der Waals surface area (Å²) < 4.78 is 4.68. The maximum Gasteiger partial charge on any atom is 0.307 e. The lowest BCUT2D eigenvalue weighted by atomic mass is 10.2. The Morgan fingerprint density at radius 3 is 2.65 bits per heavy atom. The van der Waals surface area contributed by atoms with E-state index in [0.29, 0.717) is 17.1 Å². The summed E-state index contributed by atoms with van der Waals surface area (Å²) in [6.45, 7) is 0.205. The number of nitrogens with zero attached hydrogens (tertiary/aromatic N) is 3. The predicted octanol–water partition coefficient (Wildman–Crippen LogP) is 2.68. The van der Waals surface area contributed by atoms with Gasteiger partial charge in [-0.25, -0.2) is 0 Å². The summed E-state index contributed by atoms with van der Waals surface area (Å²) in [4.78, 5) is 30.1. The number of carbonyl (C=O) groups is 2. The number of nitrogens with one attached hydrogen (secondary N) is 1. The molecule has 132 valence electrons. The van der Waals surface area contributed by atoms with Crippen LogP contribution in [-0.2, 0) is 9.53 Å². The molecular formula is C19H18N4O3. The molecule has 26 heavy (non-hydrogen) atoms. The van der Waals surface area contributed by atoms with Crippen LogP contribution in [0.3, 0.4) is 0 Å². The Labute approximate surface area is 150 Å². The summed E-state index contributed by atoms with van der Waals surface area (Å²) in [5.74, 6) is -0.651. The van der Waals surface area contributed by atoms with E-state index in [9.17, 15) is 9.59 Å². The van der Waals surface area contributed by atoms with Crippen molar-refractivity contribution in [2.45, 2.75) is 6.42 Å². The summed E-state index contributed by atoms with van der Waals surface area (Å²) in [6, 6.07) is 14.5. The van der Waals surface area contributed by atoms with E-state index in [4.69, 9.17) is 0 Å². The van der Waals surface area contributed by atoms with Crippen molar-refractivity contribution < 1.29 is 14.3 Å². The van der Waals surface area contributed by atoms with Crippen LogP contribution in [0.2, 0.25) is 0 Å². The van der Waals surface area contributed by atoms with Crippen LogP contribution < -0.4 is 4.90 Å². The molecule has 2 heterocycles. The summed E-state index contributed by atoms with van der Waals surface area (Å²) in [5, 5.41) is 6.96. The lowest BCUT2D eigenvalue weighted by Gasteiger charge is -2.21. The highest BCUT2D eigenvalue weighted by atomic mass is 16.5. The predicted molar refractivity (Wildman–Crippen MR) is 96.6 cm³/mol. The van der Waals surface area contributed by atoms with Crippen molar-refractivity contribution in [3.05, 3.63) is 66.6 Å². The first kappa shape index (κ1) is 17.3. The number of esters is 1. The Morgan fingerprint density at radius 1 is 1.15 bits per heavy atom. The van der Waals surface area contributed by atoms with Crippen LogP contribution in [0.1, 0.15) is 16.9 Å². The molecule has 0 saturated carbocycles. The smallest absolute Gasteiger partial charge is 0.307 e. The number of hydrogen-bond donors (Lipinski definition) is 1. The Balaban J connectivity index is 1.85. The first-order valence-corrected chi connectivity index (χ1v) is 8.08. The number of benzene rings is 1. The van der Waals surface area contributed by atoms with Gasteiger partial charge in [-0.3, -0.25) is 19.7 Å². The van der Waals surface area contributed by atoms with Crippen molar-refractivity contribution in [1.82, 2.24) is 15.2 Å². The van der Waals surface area contributed by atoms with Crippen molar-refractivity contribution in [2.75, 3.05) is 18.6 Å². The highest BCUT2D eigenvalue weighted by Gasteiger charge is 2.21. The van der Waals surface area contributed by atoms with Gasteiger partial charge in [-0.05, 0) is 30.3 Å². The van der Waals surface area contributed by atoms with Gasteiger partial charge in [0.05, 0.1) is 19.2 Å². The summed E-state index contributed by atoms with van der Waals surface area (Å²) >= 11 is 0. The fraction of sp³-hybridized carbons (Fsp3) is 0.158. The van der Waals surface area contributed by atoms with Crippen LogP contribution in [0, 0.1) is 0 Å². The molecule has 0 atom stereocenters. The van der Waals surface area contributed by atoms with Gasteiger partial charge < -0.3 is 9.64 Å². The zero-order valence-corrected chi connectivity index (χ0v) is 14.3. The van der Waals surface area contributed by atoms with Crippen molar-refractivity contribution in [3.63, 3.8) is 0 Å². The standard InChI is InChI=1S/C19H18N4O3/c1-26-18(24)9-11-23(15-7-3-2-4-8-15)19(25)17-12-16(21-22-17)14-6-5-10-20-13-14/h2-8,10,12-13H,9,11H2,1H3,(H,21,22). The van der Waals surface area contributed by atoms with Crippen molar-refractivity contribution >= 4 is 17.6 Å². The number of ether oxygens (including phenoxy) is 1. The van der Waals surface area contributed by atoms with E-state index < -0.39 is 0 Å². The van der Waals surface area contributed by atoms with Crippen LogP contribution in [0.25, 0.3) is 11.3 Å². The highest BCUT2D eigenvalue weighted by Crippen LogP contribution is 2.20. The fourth-order valence-corrected chi connectivity index (χ4v) is 2.50. The molecular weight excluding hydrogens is 332 g/mol. The summed E-state index contributed by atoms with van der Waals surface area (Å²) in [7, 11) is 1.33. The first-order chi connectivity index (χ1) is 12.7. The van der Waals surface area contributed by atoms with Gasteiger partial charge in [-0.15, -0.1) is 0 Å². The molecule has 0 saturated heterocycles. The van der Waals surface area contributed by atoms with Gasteiger partial charge >= 0.3 is 5.97 Å². The Bertz CT molecular complexity index is 878. The number of methoxy groups -OCH3 is 1. The molecule has 0 aliphatic carbocycles. The summed E-state index contributed by atoms with van der Waals surface area (Å²) in [5.41, 5.74) is 2.46. The van der Waals surface area contributed by atoms with E-state index in [0.717, 1.165) is 5.56 Å². The quantitative estimate of drug-likeness (QED) is 0.691. The van der Waals surface area contributed by atoms with E-state index in [1.165, 1.54) is 12.0 Å². The third-order valence-corrected chi connectivity index (χ3v) is 3.85. The molecule has 7 heteroatoms. The number of aromatic nitrogens is 3. The van der Waals surface area contributed by atoms with Crippen LogP contribution in [-0.4, -0.2) is 40.7 Å². The molecule has 0 radical (unpaired) electrons. The zero-order chi connectivity index (χ0) is 18.4. The van der Waals surface area contributed by atoms with E-state index in [-0.39, 0.29) is 24.8 Å². The minimum Gasteiger partial charge on any atom is -0.469 e. The fourth-order valence-electron chi connectivity index (χ4n) is 2.50. The second kappa shape index (κ2) is 8.06. The minimum atomic E-state index is -0.376. The first-order valence-electron chi connectivity index (χ1n) is 8.08. The molecule has 3 aromatic rings. The number of pyridine rings is 1. The Kier molecular flexibility index (Phi) is 5.38. The van der Waals surface area contributed by atoms with Gasteiger partial charge in [0.1, 0.15) is 5.69 Å². The molecule has 1 amide bonds. The lowest BCUT2D eigenvalue weighted by molar-refractivity contribution is -0.140. The van der Waals surface area contributed by atoms with Gasteiger partial charge in [0.15, 0.2) is 0 Å². The highest BCUT2D eigenvalue weighted by molar-refractivity contribution is 6.05. The second-order valence-electron chi connectivity index (χ2n) is 5.53. The monoisotopic (exact) mass is 350 g/mol. The largest absolute Gasteiger partial charge is 0.469 e. The van der Waals surface area contributed by atoms with E-state index in [1.807, 2.05) is 36.4 Å². The number of para-hydroxylation sites is 1. The Hall–Kier alpha value is -3.48. The molecule has 0 fully saturated rings. The van der Waals surface area contributed by atoms with Crippen molar-refractivity contribution in [2.24, 2.45) is 0 Å². The minimum absolute atomic E-state index is 0.0980. The summed E-state index contributed by atoms with van der Waals surface area (Å²) in [6.07, 6.45) is 3.45. The van der Waals surface area contributed by atoms with Gasteiger partial charge in [0.2, 0.25) is 0 Å². The molecule has 3 rings (SSSR count). The number of anilines is 1. The third kappa shape index (κ3) is 3.94. The maximum atomic E-state index is 13.0. The normalized spacial score (nSPS) is 10.3. The average Bonchev–Trinajstić information content (AvgIpc) is 3.19. The van der Waals surface area contributed by atoms with Crippen LogP contribution in [0.5, 0.6) is 0 Å². The number of rotatable bonds is 6. The number of amides is 1. The number of H-pyrrole nitrogens is 1. The lowest BCUT2D eigenvalue weighted by Crippen LogP contribution is -2.33. The van der Waals surface area contributed by atoms with Crippen molar-refractivity contribution in [3.8, 4) is 11.3 Å². The van der Waals surface area contributed by atoms with E-state index >= 15 is 0 Å². The molecule has 0 bridgehead atoms. The Morgan fingerprint density at radius 2 is 1.96 bits per heavy atom. The number of carbonyl (C=O) groups excluding carboxylic acids is 2. The van der Waals surface area contributed by atoms with Crippen molar-refractivity contribution in [1.29, 1.82) is 0 Å². The zero-order valence-electron chi connectivity index (χ0n) is 14.3. The topological polar surface area (TPSA) is 88.2 Å². The molecule has 0 aliphatic heterocycles. The number of aromatic amines is 1. The maximum absolute atomic E-state index is 13.0. The van der Waals surface area contributed by atoms with E-state index in [2.05, 4.69) is 19.9 Å². The molecule has 1 N–H and O–H groups in total. The van der Waals surface area contributed by atoms with Gasteiger partial charge in [0.25, 0.3) is 5.91 Å². The molecule has 2 aromatic heterocycles. The molecule has 0 spiro atoms. The molecule has 0 aliphatic rings. The number of hydrogen-bond acceptors (Lipinski definition) is 5. The van der Waals surface area contributed by atoms with Crippen LogP contribution in [0.4, 0.5) is 5.69 Å². The SMILES string of the molecule is COC(=O)CCN(C(=O)c1cc(-c2cccnc2)n[nH]1)c1ccccc1. The van der Waals surface area contributed by atoms with Crippen LogP contribution >= 0.6 is 0 Å².